The van der Waals surface area contributed by atoms with E-state index in [1.807, 2.05) is 0 Å². The number of nitrogens with one attached hydrogen (secondary N) is 2. The third-order valence-corrected chi connectivity index (χ3v) is 4.33. The first-order chi connectivity index (χ1) is 14.7. The molecule has 3 rings (SSSR count). The molecule has 156 valence electrons. The van der Waals surface area contributed by atoms with Gasteiger partial charge in [-0.15, -0.1) is 0 Å². The van der Waals surface area contributed by atoms with Gasteiger partial charge in [-0.25, -0.2) is 0 Å². The number of hydrogen-bond acceptors (Lipinski definition) is 6. The Morgan fingerprint density at radius 3 is 2.06 bits per heavy atom. The summed E-state index contributed by atoms with van der Waals surface area (Å²) < 4.78 is 0. The second-order valence-corrected chi connectivity index (χ2v) is 6.65. The fraction of sp³-hybridized carbons (Fsp3) is 0. The number of nitrogens with zero attached hydrogens (tertiary/aromatic N) is 2. The molecular formula is C20H13ClN4O6. The largest absolute Gasteiger partial charge is 0.322 e. The molecule has 0 aromatic heterocycles. The molecular weight excluding hydrogens is 428 g/mol. The summed E-state index contributed by atoms with van der Waals surface area (Å²) in [6.07, 6.45) is 0. The average Bonchev–Trinajstić information content (AvgIpc) is 2.73. The standard InChI is InChI=1S/C20H13ClN4O6/c21-13-4-2-6-15(10-13)22-19(26)12-3-1-5-14(9-12)23-20(27)17-8-7-16(24(28)29)11-18(17)25(30)31/h1-11H,(H,22,26)(H,23,27). The van der Waals surface area contributed by atoms with Gasteiger partial charge in [-0.3, -0.25) is 29.8 Å². The van der Waals surface area contributed by atoms with Crippen LogP contribution in [0.4, 0.5) is 22.7 Å². The number of halogens is 1. The number of nitro benzene ring substituents is 2. The Morgan fingerprint density at radius 2 is 1.42 bits per heavy atom. The van der Waals surface area contributed by atoms with Gasteiger partial charge in [0, 0.05) is 28.0 Å². The predicted molar refractivity (Wildman–Crippen MR) is 114 cm³/mol. The van der Waals surface area contributed by atoms with Crippen molar-refractivity contribution < 1.29 is 19.4 Å². The summed E-state index contributed by atoms with van der Waals surface area (Å²) in [7, 11) is 0. The van der Waals surface area contributed by atoms with E-state index in [0.29, 0.717) is 16.8 Å². The van der Waals surface area contributed by atoms with Gasteiger partial charge in [0.25, 0.3) is 23.2 Å². The summed E-state index contributed by atoms with van der Waals surface area (Å²) >= 11 is 5.89. The molecule has 0 bridgehead atoms. The lowest BCUT2D eigenvalue weighted by molar-refractivity contribution is -0.394. The lowest BCUT2D eigenvalue weighted by atomic mass is 10.1. The average molecular weight is 441 g/mol. The highest BCUT2D eigenvalue weighted by Crippen LogP contribution is 2.26. The maximum absolute atomic E-state index is 12.5. The third kappa shape index (κ3) is 5.19. The first-order valence-electron chi connectivity index (χ1n) is 8.66. The SMILES string of the molecule is O=C(Nc1cccc(Cl)c1)c1cccc(NC(=O)c2ccc([N+](=O)[O-])cc2[N+](=O)[O-])c1. The van der Waals surface area contributed by atoms with E-state index < -0.39 is 33.0 Å². The molecule has 0 fully saturated rings. The topological polar surface area (TPSA) is 144 Å². The molecule has 0 atom stereocenters. The zero-order valence-electron chi connectivity index (χ0n) is 15.6. The van der Waals surface area contributed by atoms with Crippen LogP contribution in [0.5, 0.6) is 0 Å². The third-order valence-electron chi connectivity index (χ3n) is 4.10. The van der Waals surface area contributed by atoms with Gasteiger partial charge in [-0.05, 0) is 42.5 Å². The van der Waals surface area contributed by atoms with Gasteiger partial charge < -0.3 is 10.6 Å². The van der Waals surface area contributed by atoms with Crippen LogP contribution in [0.25, 0.3) is 0 Å². The van der Waals surface area contributed by atoms with Crippen molar-refractivity contribution in [3.05, 3.63) is 103 Å². The van der Waals surface area contributed by atoms with Crippen molar-refractivity contribution in [3.63, 3.8) is 0 Å². The summed E-state index contributed by atoms with van der Waals surface area (Å²) in [6.45, 7) is 0. The lowest BCUT2D eigenvalue weighted by Crippen LogP contribution is -2.16. The normalized spacial score (nSPS) is 10.2. The minimum atomic E-state index is -0.878. The van der Waals surface area contributed by atoms with Crippen LogP contribution in [0.1, 0.15) is 20.7 Å². The van der Waals surface area contributed by atoms with E-state index >= 15 is 0 Å². The van der Waals surface area contributed by atoms with E-state index in [1.165, 1.54) is 24.3 Å². The number of nitro groups is 2. The van der Waals surface area contributed by atoms with E-state index in [2.05, 4.69) is 10.6 Å². The van der Waals surface area contributed by atoms with Gasteiger partial charge in [-0.1, -0.05) is 23.7 Å². The van der Waals surface area contributed by atoms with E-state index in [0.717, 1.165) is 12.1 Å². The number of carbonyl (C=O) groups excluding carboxylic acids is 2. The number of hydrogen-bond donors (Lipinski definition) is 2. The minimum Gasteiger partial charge on any atom is -0.322 e. The molecule has 0 aliphatic rings. The predicted octanol–water partition coefficient (Wildman–Crippen LogP) is 4.66. The maximum Gasteiger partial charge on any atom is 0.289 e. The second-order valence-electron chi connectivity index (χ2n) is 6.22. The molecule has 0 radical (unpaired) electrons. The highest BCUT2D eigenvalue weighted by Gasteiger charge is 2.24. The van der Waals surface area contributed by atoms with E-state index in [9.17, 15) is 29.8 Å². The molecule has 0 aliphatic heterocycles. The summed E-state index contributed by atoms with van der Waals surface area (Å²) in [4.78, 5) is 45.4. The molecule has 3 aromatic carbocycles. The number of anilines is 2. The fourth-order valence-corrected chi connectivity index (χ4v) is 2.87. The Balaban J connectivity index is 1.81. The Bertz CT molecular complexity index is 1210. The minimum absolute atomic E-state index is 0.205. The summed E-state index contributed by atoms with van der Waals surface area (Å²) in [5.74, 6) is -1.31. The zero-order chi connectivity index (χ0) is 22.5. The van der Waals surface area contributed by atoms with Crippen molar-refractivity contribution >= 4 is 46.2 Å². The van der Waals surface area contributed by atoms with Crippen molar-refractivity contribution in [2.24, 2.45) is 0 Å². The van der Waals surface area contributed by atoms with Gasteiger partial charge in [0.15, 0.2) is 0 Å². The second kappa shape index (κ2) is 9.01. The van der Waals surface area contributed by atoms with Crippen LogP contribution in [-0.2, 0) is 0 Å². The molecule has 0 saturated heterocycles. The first kappa shape index (κ1) is 21.4. The molecule has 0 unspecified atom stereocenters. The Morgan fingerprint density at radius 1 is 0.774 bits per heavy atom. The molecule has 0 heterocycles. The van der Waals surface area contributed by atoms with Gasteiger partial charge in [0.05, 0.1) is 15.9 Å². The van der Waals surface area contributed by atoms with Crippen molar-refractivity contribution in [1.82, 2.24) is 0 Å². The van der Waals surface area contributed by atoms with E-state index in [1.54, 1.807) is 24.3 Å². The molecule has 10 nitrogen and oxygen atoms in total. The van der Waals surface area contributed by atoms with Crippen molar-refractivity contribution in [1.29, 1.82) is 0 Å². The number of carbonyl (C=O) groups is 2. The number of non-ortho nitro benzene ring substituents is 1. The quantitative estimate of drug-likeness (QED) is 0.421. The molecule has 2 amide bonds. The molecule has 11 heteroatoms. The van der Waals surface area contributed by atoms with Gasteiger partial charge >= 0.3 is 0 Å². The van der Waals surface area contributed by atoms with Gasteiger partial charge in [-0.2, -0.15) is 0 Å². The number of rotatable bonds is 6. The molecule has 31 heavy (non-hydrogen) atoms. The lowest BCUT2D eigenvalue weighted by Gasteiger charge is -2.09. The van der Waals surface area contributed by atoms with Crippen LogP contribution in [-0.4, -0.2) is 21.7 Å². The smallest absolute Gasteiger partial charge is 0.289 e. The van der Waals surface area contributed by atoms with Crippen LogP contribution in [0.2, 0.25) is 5.02 Å². The molecule has 3 aromatic rings. The van der Waals surface area contributed by atoms with Crippen molar-refractivity contribution in [3.8, 4) is 0 Å². The van der Waals surface area contributed by atoms with Gasteiger partial charge in [0.2, 0.25) is 0 Å². The highest BCUT2D eigenvalue weighted by molar-refractivity contribution is 6.31. The summed E-state index contributed by atoms with van der Waals surface area (Å²) in [6, 6.07) is 15.2. The van der Waals surface area contributed by atoms with Crippen LogP contribution >= 0.6 is 11.6 Å². The maximum atomic E-state index is 12.5. The molecule has 0 saturated carbocycles. The van der Waals surface area contributed by atoms with Gasteiger partial charge in [0.1, 0.15) is 5.56 Å². The van der Waals surface area contributed by atoms with Crippen LogP contribution in [0.3, 0.4) is 0 Å². The van der Waals surface area contributed by atoms with Crippen LogP contribution in [0.15, 0.2) is 66.7 Å². The fourth-order valence-electron chi connectivity index (χ4n) is 2.68. The monoisotopic (exact) mass is 440 g/mol. The van der Waals surface area contributed by atoms with Crippen LogP contribution < -0.4 is 10.6 Å². The van der Waals surface area contributed by atoms with Crippen molar-refractivity contribution in [2.75, 3.05) is 10.6 Å². The molecule has 0 spiro atoms. The number of benzene rings is 3. The van der Waals surface area contributed by atoms with E-state index in [-0.39, 0.29) is 16.8 Å². The summed E-state index contributed by atoms with van der Waals surface area (Å²) in [5.41, 5.74) is -0.672. The zero-order valence-corrected chi connectivity index (χ0v) is 16.3. The first-order valence-corrected chi connectivity index (χ1v) is 9.03. The Kier molecular flexibility index (Phi) is 6.22. The van der Waals surface area contributed by atoms with Crippen LogP contribution in [0, 0.1) is 20.2 Å². The molecule has 0 aliphatic carbocycles. The van der Waals surface area contributed by atoms with E-state index in [4.69, 9.17) is 11.6 Å². The summed E-state index contributed by atoms with van der Waals surface area (Å²) in [5, 5.41) is 27.6. The molecule has 2 N–H and O–H groups in total. The van der Waals surface area contributed by atoms with Crippen molar-refractivity contribution in [2.45, 2.75) is 0 Å². The number of amides is 2. The Hall–Kier alpha value is -4.31. The Labute approximate surface area is 179 Å². The highest BCUT2D eigenvalue weighted by atomic mass is 35.5.